The molecule has 1 aromatic heterocycles. The first kappa shape index (κ1) is 14.3. The van der Waals surface area contributed by atoms with E-state index in [-0.39, 0.29) is 0 Å². The Kier molecular flexibility index (Phi) is 4.82. The van der Waals surface area contributed by atoms with Crippen molar-refractivity contribution >= 4 is 0 Å². The summed E-state index contributed by atoms with van der Waals surface area (Å²) in [5.41, 5.74) is 1.25. The molecule has 0 saturated carbocycles. The quantitative estimate of drug-likeness (QED) is 0.495. The van der Waals surface area contributed by atoms with E-state index < -0.39 is 0 Å². The smallest absolute Gasteiger partial charge is 0.265 e. The molecule has 0 fully saturated rings. The Morgan fingerprint density at radius 1 is 0.955 bits per heavy atom. The van der Waals surface area contributed by atoms with Gasteiger partial charge in [0.1, 0.15) is 12.3 Å². The first-order valence-electron chi connectivity index (χ1n) is 7.53. The molecule has 3 aromatic rings. The molecular formula is C18H20N3O+. The molecule has 0 spiro atoms. The van der Waals surface area contributed by atoms with Crippen LogP contribution in [0.15, 0.2) is 73.3 Å². The summed E-state index contributed by atoms with van der Waals surface area (Å²) in [5, 5.41) is 4.39. The molecule has 0 bridgehead atoms. The van der Waals surface area contributed by atoms with Crippen LogP contribution in [-0.4, -0.2) is 16.4 Å². The summed E-state index contributed by atoms with van der Waals surface area (Å²) in [4.78, 5) is 0. The molecule has 0 radical (unpaired) electrons. The Bertz CT molecular complexity index is 680. The summed E-state index contributed by atoms with van der Waals surface area (Å²) in [6.07, 6.45) is 4.86. The van der Waals surface area contributed by atoms with E-state index in [1.165, 1.54) is 5.56 Å². The molecule has 3 rings (SSSR count). The minimum atomic E-state index is 0.709. The van der Waals surface area contributed by atoms with Gasteiger partial charge in [0.25, 0.3) is 6.33 Å². The van der Waals surface area contributed by atoms with Crippen LogP contribution in [0.5, 0.6) is 5.75 Å². The first-order valence-corrected chi connectivity index (χ1v) is 7.53. The SMILES string of the molecule is c1ccc(Cn2c[n+](CCCOc3ccccc3)cn2)cc1. The van der Waals surface area contributed by atoms with Crippen molar-refractivity contribution in [3.63, 3.8) is 0 Å². The van der Waals surface area contributed by atoms with Crippen LogP contribution in [0.4, 0.5) is 0 Å². The van der Waals surface area contributed by atoms with Crippen LogP contribution in [-0.2, 0) is 13.1 Å². The molecule has 112 valence electrons. The van der Waals surface area contributed by atoms with Crippen LogP contribution >= 0.6 is 0 Å². The maximum atomic E-state index is 5.69. The summed E-state index contributed by atoms with van der Waals surface area (Å²) >= 11 is 0. The van der Waals surface area contributed by atoms with Crippen molar-refractivity contribution in [3.05, 3.63) is 78.9 Å². The largest absolute Gasteiger partial charge is 0.493 e. The van der Waals surface area contributed by atoms with E-state index in [2.05, 4.69) is 21.8 Å². The second-order valence-corrected chi connectivity index (χ2v) is 5.18. The molecule has 0 saturated heterocycles. The van der Waals surface area contributed by atoms with E-state index in [4.69, 9.17) is 4.74 Å². The Labute approximate surface area is 130 Å². The topological polar surface area (TPSA) is 30.9 Å². The molecule has 0 aliphatic heterocycles. The maximum absolute atomic E-state index is 5.69. The predicted molar refractivity (Wildman–Crippen MR) is 84.5 cm³/mol. The van der Waals surface area contributed by atoms with Crippen LogP contribution in [0.1, 0.15) is 12.0 Å². The molecule has 0 aliphatic carbocycles. The Hall–Kier alpha value is -2.62. The van der Waals surface area contributed by atoms with Crippen molar-refractivity contribution in [1.29, 1.82) is 0 Å². The molecule has 22 heavy (non-hydrogen) atoms. The fraction of sp³-hybridized carbons (Fsp3) is 0.222. The van der Waals surface area contributed by atoms with Gasteiger partial charge in [0, 0.05) is 11.5 Å². The number of para-hydroxylation sites is 1. The number of benzene rings is 2. The molecule has 4 nitrogen and oxygen atoms in total. The molecular weight excluding hydrogens is 274 g/mol. The number of hydrogen-bond acceptors (Lipinski definition) is 2. The fourth-order valence-corrected chi connectivity index (χ4v) is 2.28. The minimum absolute atomic E-state index is 0.709. The number of rotatable bonds is 7. The summed E-state index contributed by atoms with van der Waals surface area (Å²) in [6, 6.07) is 20.3. The van der Waals surface area contributed by atoms with E-state index in [0.717, 1.165) is 25.3 Å². The zero-order valence-electron chi connectivity index (χ0n) is 12.5. The van der Waals surface area contributed by atoms with Gasteiger partial charge in [-0.15, -0.1) is 4.68 Å². The lowest BCUT2D eigenvalue weighted by Gasteiger charge is -2.04. The Morgan fingerprint density at radius 2 is 1.68 bits per heavy atom. The van der Waals surface area contributed by atoms with Gasteiger partial charge < -0.3 is 4.74 Å². The van der Waals surface area contributed by atoms with E-state index in [0.29, 0.717) is 6.61 Å². The summed E-state index contributed by atoms with van der Waals surface area (Å²) < 4.78 is 9.74. The minimum Gasteiger partial charge on any atom is -0.493 e. The molecule has 4 heteroatoms. The molecule has 1 heterocycles. The normalized spacial score (nSPS) is 10.5. The number of nitrogens with zero attached hydrogens (tertiary/aromatic N) is 3. The summed E-state index contributed by atoms with van der Waals surface area (Å²) in [5.74, 6) is 0.923. The van der Waals surface area contributed by atoms with E-state index in [9.17, 15) is 0 Å². The lowest BCUT2D eigenvalue weighted by Crippen LogP contribution is -2.32. The summed E-state index contributed by atoms with van der Waals surface area (Å²) in [6.45, 7) is 2.41. The monoisotopic (exact) mass is 294 g/mol. The highest BCUT2D eigenvalue weighted by molar-refractivity contribution is 5.20. The Morgan fingerprint density at radius 3 is 2.45 bits per heavy atom. The highest BCUT2D eigenvalue weighted by Gasteiger charge is 2.06. The third-order valence-electron chi connectivity index (χ3n) is 3.39. The van der Waals surface area contributed by atoms with Crippen molar-refractivity contribution in [2.75, 3.05) is 6.61 Å². The number of aryl methyl sites for hydroxylation is 1. The van der Waals surface area contributed by atoms with Gasteiger partial charge in [0.05, 0.1) is 13.2 Å². The highest BCUT2D eigenvalue weighted by Crippen LogP contribution is 2.08. The van der Waals surface area contributed by atoms with Crippen LogP contribution in [0.3, 0.4) is 0 Å². The van der Waals surface area contributed by atoms with Crippen LogP contribution in [0.2, 0.25) is 0 Å². The lowest BCUT2D eigenvalue weighted by atomic mass is 10.2. The molecule has 2 aromatic carbocycles. The zero-order chi connectivity index (χ0) is 15.0. The van der Waals surface area contributed by atoms with E-state index in [1.807, 2.05) is 65.9 Å². The van der Waals surface area contributed by atoms with Crippen LogP contribution < -0.4 is 9.30 Å². The first-order chi connectivity index (χ1) is 10.9. The van der Waals surface area contributed by atoms with Crippen molar-refractivity contribution in [2.45, 2.75) is 19.5 Å². The molecule has 0 N–H and O–H groups in total. The van der Waals surface area contributed by atoms with Crippen LogP contribution in [0.25, 0.3) is 0 Å². The zero-order valence-corrected chi connectivity index (χ0v) is 12.5. The number of ether oxygens (including phenoxy) is 1. The van der Waals surface area contributed by atoms with Crippen LogP contribution in [0, 0.1) is 0 Å². The number of hydrogen-bond donors (Lipinski definition) is 0. The molecule has 0 aliphatic rings. The molecule has 0 atom stereocenters. The van der Waals surface area contributed by atoms with Gasteiger partial charge in [-0.2, -0.15) is 0 Å². The van der Waals surface area contributed by atoms with Gasteiger partial charge >= 0.3 is 0 Å². The third kappa shape index (κ3) is 4.19. The van der Waals surface area contributed by atoms with Gasteiger partial charge in [-0.25, -0.2) is 4.57 Å². The second kappa shape index (κ2) is 7.41. The average Bonchev–Trinajstić information content (AvgIpc) is 3.01. The van der Waals surface area contributed by atoms with Crippen molar-refractivity contribution in [2.24, 2.45) is 0 Å². The van der Waals surface area contributed by atoms with Gasteiger partial charge in [-0.3, -0.25) is 0 Å². The van der Waals surface area contributed by atoms with Crippen molar-refractivity contribution < 1.29 is 9.30 Å². The second-order valence-electron chi connectivity index (χ2n) is 5.18. The predicted octanol–water partition coefficient (Wildman–Crippen LogP) is 2.69. The maximum Gasteiger partial charge on any atom is 0.265 e. The van der Waals surface area contributed by atoms with Crippen molar-refractivity contribution in [3.8, 4) is 5.75 Å². The van der Waals surface area contributed by atoms with E-state index in [1.54, 1.807) is 0 Å². The average molecular weight is 294 g/mol. The third-order valence-corrected chi connectivity index (χ3v) is 3.39. The Balaban J connectivity index is 1.44. The fourth-order valence-electron chi connectivity index (χ4n) is 2.28. The molecule has 0 unspecified atom stereocenters. The summed E-state index contributed by atoms with van der Waals surface area (Å²) in [7, 11) is 0. The molecule has 0 amide bonds. The lowest BCUT2D eigenvalue weighted by molar-refractivity contribution is -0.698. The van der Waals surface area contributed by atoms with Gasteiger partial charge in [-0.05, 0) is 17.7 Å². The standard InChI is InChI=1S/C18H20N3O/c1-3-8-17(9-4-1)14-21-16-20(15-19-21)12-7-13-22-18-10-5-2-6-11-18/h1-6,8-11,15-16H,7,12-14H2/q+1. The van der Waals surface area contributed by atoms with Gasteiger partial charge in [0.2, 0.25) is 6.33 Å². The number of aromatic nitrogens is 3. The van der Waals surface area contributed by atoms with Gasteiger partial charge in [0.15, 0.2) is 0 Å². The van der Waals surface area contributed by atoms with E-state index >= 15 is 0 Å². The van der Waals surface area contributed by atoms with Gasteiger partial charge in [-0.1, -0.05) is 48.5 Å². The highest BCUT2D eigenvalue weighted by atomic mass is 16.5. The van der Waals surface area contributed by atoms with Crippen molar-refractivity contribution in [1.82, 2.24) is 9.78 Å².